The van der Waals surface area contributed by atoms with Crippen LogP contribution >= 0.6 is 0 Å². The van der Waals surface area contributed by atoms with E-state index in [1.165, 1.54) is 61.6 Å². The van der Waals surface area contributed by atoms with Crippen LogP contribution in [0.2, 0.25) is 0 Å². The van der Waals surface area contributed by atoms with Crippen LogP contribution in [0.3, 0.4) is 0 Å². The third-order valence-corrected chi connectivity index (χ3v) is 9.69. The molecule has 0 spiro atoms. The van der Waals surface area contributed by atoms with Gasteiger partial charge >= 0.3 is 0 Å². The van der Waals surface area contributed by atoms with E-state index in [1.54, 1.807) is 12.1 Å². The zero-order chi connectivity index (χ0) is 26.8. The van der Waals surface area contributed by atoms with E-state index >= 15 is 0 Å². The average Bonchev–Trinajstić information content (AvgIpc) is 3.25. The maximum Gasteiger partial charge on any atom is 0.123 e. The molecule has 1 unspecified atom stereocenters. The summed E-state index contributed by atoms with van der Waals surface area (Å²) in [6, 6.07) is 25.3. The molecule has 0 saturated heterocycles. The molecule has 1 nitrogen and oxygen atoms in total. The van der Waals surface area contributed by atoms with E-state index in [2.05, 4.69) is 68.7 Å². The first-order valence-electron chi connectivity index (χ1n) is 13.8. The van der Waals surface area contributed by atoms with Gasteiger partial charge in [-0.05, 0) is 81.8 Å². The number of hydrogen-bond acceptors (Lipinski definition) is 0. The summed E-state index contributed by atoms with van der Waals surface area (Å²) in [6.45, 7) is 9.39. The predicted octanol–water partition coefficient (Wildman–Crippen LogP) is 7.62. The van der Waals surface area contributed by atoms with Gasteiger partial charge in [0.2, 0.25) is 0 Å². The minimum Gasteiger partial charge on any atom is -0.308 e. The molecule has 1 atom stereocenters. The summed E-state index contributed by atoms with van der Waals surface area (Å²) in [5, 5.41) is 3.82. The summed E-state index contributed by atoms with van der Waals surface area (Å²) in [7, 11) is 0. The van der Waals surface area contributed by atoms with Crippen molar-refractivity contribution < 1.29 is 8.78 Å². The van der Waals surface area contributed by atoms with Gasteiger partial charge in [0.1, 0.15) is 11.6 Å². The Kier molecular flexibility index (Phi) is 4.33. The van der Waals surface area contributed by atoms with Crippen LogP contribution in [-0.4, -0.2) is 4.57 Å². The van der Waals surface area contributed by atoms with E-state index in [1.807, 2.05) is 24.3 Å². The van der Waals surface area contributed by atoms with E-state index in [0.717, 1.165) is 23.1 Å². The molecule has 192 valence electrons. The van der Waals surface area contributed by atoms with Crippen molar-refractivity contribution in [1.29, 1.82) is 0 Å². The number of rotatable bonds is 2. The molecule has 0 amide bonds. The standard InChI is InChI=1S/C36H29F2N/c1-35(2)28-6-5-7-29-34(28)39-32-26(16-22(18-30(32)35)20-8-12-24(37)13-9-20)27-17-23(21-10-14-25(38)15-11-21)19-31(33(27)39)36(29,3)4/h5-18,23H,19H2,1-4H3. The van der Waals surface area contributed by atoms with Crippen molar-refractivity contribution in [3.8, 4) is 16.8 Å². The third-order valence-electron chi connectivity index (χ3n) is 9.69. The predicted molar refractivity (Wildman–Crippen MR) is 155 cm³/mol. The highest BCUT2D eigenvalue weighted by atomic mass is 19.1. The molecule has 8 rings (SSSR count). The number of hydrogen-bond donors (Lipinski definition) is 0. The highest BCUT2D eigenvalue weighted by Gasteiger charge is 2.44. The Morgan fingerprint density at radius 1 is 0.718 bits per heavy atom. The fourth-order valence-corrected chi connectivity index (χ4v) is 7.57. The summed E-state index contributed by atoms with van der Waals surface area (Å²) >= 11 is 0. The first-order chi connectivity index (χ1) is 18.7. The summed E-state index contributed by atoms with van der Waals surface area (Å²) in [6.07, 6.45) is 3.31. The Labute approximate surface area is 226 Å². The first-order valence-corrected chi connectivity index (χ1v) is 13.8. The highest BCUT2D eigenvalue weighted by Crippen LogP contribution is 2.52. The molecule has 39 heavy (non-hydrogen) atoms. The molecule has 3 heterocycles. The van der Waals surface area contributed by atoms with Crippen LogP contribution in [-0.2, 0) is 10.8 Å². The molecule has 0 radical (unpaired) electrons. The number of nitrogens with zero attached hydrogens (tertiary/aromatic N) is 1. The number of aromatic nitrogens is 1. The lowest BCUT2D eigenvalue weighted by Gasteiger charge is -2.43. The SMILES string of the molecule is CC1(C)C2=c3c(c4cc(-c5ccc(F)cc5)cc5c4n3-c3c1cccc3C5(C)C)=CC(c1ccc(F)cc1)C2. The summed E-state index contributed by atoms with van der Waals surface area (Å²) < 4.78 is 30.2. The number of fused-ring (bicyclic) bond motifs is 1. The van der Waals surface area contributed by atoms with E-state index in [9.17, 15) is 8.78 Å². The van der Waals surface area contributed by atoms with Crippen molar-refractivity contribution in [1.82, 2.24) is 4.57 Å². The summed E-state index contributed by atoms with van der Waals surface area (Å²) in [5.41, 5.74) is 10.9. The molecule has 0 bridgehead atoms. The second kappa shape index (κ2) is 7.35. The zero-order valence-corrected chi connectivity index (χ0v) is 22.6. The molecule has 1 aromatic heterocycles. The monoisotopic (exact) mass is 513 g/mol. The molecule has 3 aliphatic rings. The topological polar surface area (TPSA) is 4.93 Å². The van der Waals surface area contributed by atoms with E-state index in [4.69, 9.17) is 0 Å². The Morgan fingerprint density at radius 3 is 2.05 bits per heavy atom. The fourth-order valence-electron chi connectivity index (χ4n) is 7.57. The molecule has 0 fully saturated rings. The van der Waals surface area contributed by atoms with Crippen LogP contribution in [0.1, 0.15) is 62.3 Å². The lowest BCUT2D eigenvalue weighted by molar-refractivity contribution is 0.586. The molecule has 5 aromatic rings. The van der Waals surface area contributed by atoms with Crippen molar-refractivity contribution >= 4 is 22.6 Å². The zero-order valence-electron chi connectivity index (χ0n) is 22.6. The van der Waals surface area contributed by atoms with E-state index < -0.39 is 0 Å². The van der Waals surface area contributed by atoms with Gasteiger partial charge in [-0.25, -0.2) is 8.78 Å². The largest absolute Gasteiger partial charge is 0.308 e. The molecular formula is C36H29F2N. The Bertz CT molecular complexity index is 1990. The van der Waals surface area contributed by atoms with Crippen molar-refractivity contribution in [2.45, 2.75) is 50.9 Å². The quantitative estimate of drug-likeness (QED) is 0.229. The van der Waals surface area contributed by atoms with Crippen LogP contribution in [0.4, 0.5) is 8.78 Å². The normalized spacial score (nSPS) is 19.2. The molecule has 1 aliphatic carbocycles. The smallest absolute Gasteiger partial charge is 0.123 e. The van der Waals surface area contributed by atoms with Gasteiger partial charge < -0.3 is 4.57 Å². The Morgan fingerprint density at radius 2 is 1.36 bits per heavy atom. The number of para-hydroxylation sites is 1. The van der Waals surface area contributed by atoms with E-state index in [0.29, 0.717) is 0 Å². The molecule has 3 heteroatoms. The second-order valence-corrected chi connectivity index (χ2v) is 12.5. The summed E-state index contributed by atoms with van der Waals surface area (Å²) in [5.74, 6) is -0.280. The van der Waals surface area contributed by atoms with Crippen LogP contribution in [0, 0.1) is 11.6 Å². The van der Waals surface area contributed by atoms with Crippen molar-refractivity contribution in [3.05, 3.63) is 123 Å². The van der Waals surface area contributed by atoms with Gasteiger partial charge in [0, 0.05) is 27.4 Å². The van der Waals surface area contributed by atoms with Crippen LogP contribution in [0.25, 0.3) is 39.4 Å². The van der Waals surface area contributed by atoms with Crippen molar-refractivity contribution in [2.75, 3.05) is 0 Å². The van der Waals surface area contributed by atoms with Crippen molar-refractivity contribution in [3.63, 3.8) is 0 Å². The van der Waals surface area contributed by atoms with Crippen LogP contribution < -0.4 is 10.6 Å². The molecule has 0 N–H and O–H groups in total. The Balaban J connectivity index is 1.56. The molecule has 4 aromatic carbocycles. The maximum atomic E-state index is 13.9. The van der Waals surface area contributed by atoms with E-state index in [-0.39, 0.29) is 28.4 Å². The van der Waals surface area contributed by atoms with Crippen molar-refractivity contribution in [2.24, 2.45) is 0 Å². The second-order valence-electron chi connectivity index (χ2n) is 12.5. The van der Waals surface area contributed by atoms with Gasteiger partial charge in [-0.15, -0.1) is 0 Å². The van der Waals surface area contributed by atoms with Gasteiger partial charge in [0.05, 0.1) is 16.6 Å². The van der Waals surface area contributed by atoms with Gasteiger partial charge in [-0.2, -0.15) is 0 Å². The highest BCUT2D eigenvalue weighted by molar-refractivity contribution is 5.97. The van der Waals surface area contributed by atoms with Gasteiger partial charge in [-0.1, -0.05) is 76.2 Å². The van der Waals surface area contributed by atoms with Crippen LogP contribution in [0.15, 0.2) is 78.9 Å². The first kappa shape index (κ1) is 23.0. The lowest BCUT2D eigenvalue weighted by atomic mass is 9.66. The third kappa shape index (κ3) is 2.88. The van der Waals surface area contributed by atoms with Gasteiger partial charge in [0.15, 0.2) is 0 Å². The number of halogens is 2. The average molecular weight is 514 g/mol. The fraction of sp³-hybridized carbons (Fsp3) is 0.222. The van der Waals surface area contributed by atoms with Gasteiger partial charge in [0.25, 0.3) is 0 Å². The van der Waals surface area contributed by atoms with Crippen LogP contribution in [0.5, 0.6) is 0 Å². The minimum atomic E-state index is -0.227. The minimum absolute atomic E-state index is 0.148. The van der Waals surface area contributed by atoms with Gasteiger partial charge in [-0.3, -0.25) is 0 Å². The molecule has 0 saturated carbocycles. The maximum absolute atomic E-state index is 13.9. The lowest BCUT2D eigenvalue weighted by Crippen LogP contribution is -2.46. The molecule has 2 aliphatic heterocycles. The summed E-state index contributed by atoms with van der Waals surface area (Å²) in [4.78, 5) is 0. The molecular weight excluding hydrogens is 484 g/mol. The Hall–Kier alpha value is -3.98. The number of benzene rings is 4.